The lowest BCUT2D eigenvalue weighted by atomic mass is 9.67. The summed E-state index contributed by atoms with van der Waals surface area (Å²) in [6.45, 7) is -6.40. The molecule has 1 fully saturated rings. The highest BCUT2D eigenvalue weighted by atomic mass is 19.4. The van der Waals surface area contributed by atoms with Gasteiger partial charge in [0.15, 0.2) is 6.17 Å². The fourth-order valence-electron chi connectivity index (χ4n) is 2.12. The van der Waals surface area contributed by atoms with Gasteiger partial charge < -0.3 is 5.11 Å². The number of alkyl halides is 14. The van der Waals surface area contributed by atoms with Gasteiger partial charge in [0.05, 0.1) is 0 Å². The van der Waals surface area contributed by atoms with Crippen LogP contribution in [0.15, 0.2) is 0 Å². The molecule has 15 heteroatoms. The first-order valence-corrected chi connectivity index (χ1v) is 5.84. The SMILES string of the molecule is OC1(F)C(F)(F)C(F)(F)C(F)(F)C(F)(C(F)C(F)(CF)CF)C1(F)F. The number of rotatable bonds is 4. The van der Waals surface area contributed by atoms with Crippen molar-refractivity contribution in [2.24, 2.45) is 0 Å². The first kappa shape index (κ1) is 22.0. The van der Waals surface area contributed by atoms with Gasteiger partial charge in [-0.05, 0) is 0 Å². The minimum absolute atomic E-state index is 3.20. The molecule has 0 aromatic heterocycles. The molecule has 0 saturated heterocycles. The molecular formula is C10H6F14O. The molecular weight excluding hydrogens is 402 g/mol. The molecule has 0 heterocycles. The van der Waals surface area contributed by atoms with Crippen molar-refractivity contribution in [1.82, 2.24) is 0 Å². The van der Waals surface area contributed by atoms with Crippen LogP contribution >= 0.6 is 0 Å². The number of aliphatic hydroxyl groups is 1. The summed E-state index contributed by atoms with van der Waals surface area (Å²) in [5, 5.41) is 8.30. The highest BCUT2D eigenvalue weighted by Crippen LogP contribution is 2.70. The summed E-state index contributed by atoms with van der Waals surface area (Å²) in [7, 11) is 0. The molecule has 0 aromatic rings. The summed E-state index contributed by atoms with van der Waals surface area (Å²) < 4.78 is 185. The van der Waals surface area contributed by atoms with E-state index in [4.69, 9.17) is 5.11 Å². The van der Waals surface area contributed by atoms with Gasteiger partial charge >= 0.3 is 29.5 Å². The lowest BCUT2D eigenvalue weighted by molar-refractivity contribution is -0.507. The smallest absolute Gasteiger partial charge is 0.352 e. The number of halogens is 14. The molecule has 1 aliphatic rings. The Balaban J connectivity index is 3.90. The molecule has 0 amide bonds. The van der Waals surface area contributed by atoms with Crippen molar-refractivity contribution >= 4 is 0 Å². The second-order valence-electron chi connectivity index (χ2n) is 5.30. The average Bonchev–Trinajstić information content (AvgIpc) is 2.50. The van der Waals surface area contributed by atoms with Crippen LogP contribution in [0.3, 0.4) is 0 Å². The minimum Gasteiger partial charge on any atom is -0.352 e. The number of hydrogen-bond acceptors (Lipinski definition) is 1. The molecule has 25 heavy (non-hydrogen) atoms. The summed E-state index contributed by atoms with van der Waals surface area (Å²) in [6, 6.07) is 0. The molecule has 0 aliphatic heterocycles. The van der Waals surface area contributed by atoms with E-state index >= 15 is 0 Å². The van der Waals surface area contributed by atoms with Crippen LogP contribution in [0.2, 0.25) is 0 Å². The zero-order chi connectivity index (χ0) is 20.5. The summed E-state index contributed by atoms with van der Waals surface area (Å²) in [5.74, 6) is -37.2. The van der Waals surface area contributed by atoms with Gasteiger partial charge in [-0.15, -0.1) is 0 Å². The van der Waals surface area contributed by atoms with Gasteiger partial charge in [0, 0.05) is 0 Å². The van der Waals surface area contributed by atoms with Crippen LogP contribution in [-0.4, -0.2) is 65.5 Å². The molecule has 1 rings (SSSR count). The van der Waals surface area contributed by atoms with Crippen LogP contribution in [-0.2, 0) is 0 Å². The lowest BCUT2D eigenvalue weighted by Crippen LogP contribution is -2.88. The van der Waals surface area contributed by atoms with Gasteiger partial charge in [-0.2, -0.15) is 39.5 Å². The van der Waals surface area contributed by atoms with Gasteiger partial charge in [0.1, 0.15) is 13.3 Å². The van der Waals surface area contributed by atoms with Gasteiger partial charge in [-0.25, -0.2) is 22.0 Å². The fraction of sp³-hybridized carbons (Fsp3) is 1.00. The van der Waals surface area contributed by atoms with E-state index in [0.717, 1.165) is 0 Å². The second kappa shape index (κ2) is 5.25. The fourth-order valence-corrected chi connectivity index (χ4v) is 2.12. The molecule has 1 aliphatic carbocycles. The van der Waals surface area contributed by atoms with E-state index in [2.05, 4.69) is 0 Å². The van der Waals surface area contributed by atoms with E-state index in [1.54, 1.807) is 0 Å². The number of hydrogen-bond donors (Lipinski definition) is 1. The van der Waals surface area contributed by atoms with E-state index < -0.39 is 60.4 Å². The molecule has 1 N–H and O–H groups in total. The Morgan fingerprint density at radius 2 is 1.04 bits per heavy atom. The Morgan fingerprint density at radius 3 is 1.36 bits per heavy atom. The topological polar surface area (TPSA) is 20.2 Å². The summed E-state index contributed by atoms with van der Waals surface area (Å²) >= 11 is 0. The van der Waals surface area contributed by atoms with Gasteiger partial charge in [-0.1, -0.05) is 0 Å². The van der Waals surface area contributed by atoms with Crippen LogP contribution in [0.25, 0.3) is 0 Å². The van der Waals surface area contributed by atoms with E-state index in [0.29, 0.717) is 0 Å². The molecule has 0 bridgehead atoms. The van der Waals surface area contributed by atoms with E-state index in [9.17, 15) is 61.5 Å². The lowest BCUT2D eigenvalue weighted by Gasteiger charge is -2.55. The molecule has 3 atom stereocenters. The van der Waals surface area contributed by atoms with E-state index in [-0.39, 0.29) is 0 Å². The molecule has 1 nitrogen and oxygen atoms in total. The Hall–Kier alpha value is -1.02. The quantitative estimate of drug-likeness (QED) is 0.701. The first-order chi connectivity index (χ1) is 10.8. The van der Waals surface area contributed by atoms with Crippen LogP contribution in [0, 0.1) is 0 Å². The highest BCUT2D eigenvalue weighted by molar-refractivity contribution is 5.30. The van der Waals surface area contributed by atoms with Gasteiger partial charge in [0.2, 0.25) is 5.67 Å². The van der Waals surface area contributed by atoms with Crippen molar-refractivity contribution in [3.63, 3.8) is 0 Å². The predicted octanol–water partition coefficient (Wildman–Crippen LogP) is 3.89. The zero-order valence-electron chi connectivity index (χ0n) is 11.2. The molecule has 0 aromatic carbocycles. The largest absolute Gasteiger partial charge is 0.381 e. The Kier molecular flexibility index (Phi) is 4.63. The molecule has 0 radical (unpaired) electrons. The summed E-state index contributed by atoms with van der Waals surface area (Å²) in [4.78, 5) is 0. The van der Waals surface area contributed by atoms with Crippen molar-refractivity contribution in [1.29, 1.82) is 0 Å². The molecule has 0 spiro atoms. The average molecular weight is 408 g/mol. The third-order valence-electron chi connectivity index (χ3n) is 3.78. The third kappa shape index (κ3) is 2.01. The highest BCUT2D eigenvalue weighted by Gasteiger charge is 3.02. The van der Waals surface area contributed by atoms with Crippen LogP contribution < -0.4 is 0 Å². The van der Waals surface area contributed by atoms with Crippen molar-refractivity contribution < 1.29 is 66.6 Å². The monoisotopic (exact) mass is 408 g/mol. The van der Waals surface area contributed by atoms with Crippen molar-refractivity contribution in [2.45, 2.75) is 47.1 Å². The maximum atomic E-state index is 14.1. The zero-order valence-corrected chi connectivity index (χ0v) is 11.2. The standard InChI is InChI=1S/C10H6F14O/c11-1-4(14,2-12)3(13)5(15)6(16,17)8(20,21)9(22,23)10(24,25)7(5,18)19/h3,25H,1-2H2. The second-order valence-corrected chi connectivity index (χ2v) is 5.30. The predicted molar refractivity (Wildman–Crippen MR) is 50.4 cm³/mol. The van der Waals surface area contributed by atoms with Crippen LogP contribution in [0.4, 0.5) is 61.5 Å². The maximum Gasteiger partial charge on any atom is 0.381 e. The Bertz CT molecular complexity index is 494. The maximum absolute atomic E-state index is 14.1. The van der Waals surface area contributed by atoms with Gasteiger partial charge in [-0.3, -0.25) is 0 Å². The van der Waals surface area contributed by atoms with Crippen LogP contribution in [0.5, 0.6) is 0 Å². The molecule has 150 valence electrons. The normalized spacial score (nSPS) is 37.6. The molecule has 3 unspecified atom stereocenters. The minimum atomic E-state index is -7.62. The van der Waals surface area contributed by atoms with Crippen molar-refractivity contribution in [2.75, 3.05) is 13.3 Å². The summed E-state index contributed by atoms with van der Waals surface area (Å²) in [5.41, 5.74) is -12.6. The Labute approximate surface area is 128 Å². The van der Waals surface area contributed by atoms with Gasteiger partial charge in [0.25, 0.3) is 5.67 Å². The van der Waals surface area contributed by atoms with E-state index in [1.807, 2.05) is 0 Å². The van der Waals surface area contributed by atoms with Crippen LogP contribution in [0.1, 0.15) is 0 Å². The summed E-state index contributed by atoms with van der Waals surface area (Å²) in [6.07, 6.45) is -5.63. The molecule has 1 saturated carbocycles. The Morgan fingerprint density at radius 1 is 0.680 bits per heavy atom. The van der Waals surface area contributed by atoms with E-state index in [1.165, 1.54) is 0 Å². The first-order valence-electron chi connectivity index (χ1n) is 5.84. The third-order valence-corrected chi connectivity index (χ3v) is 3.78. The van der Waals surface area contributed by atoms with Crippen molar-refractivity contribution in [3.05, 3.63) is 0 Å². The van der Waals surface area contributed by atoms with Crippen molar-refractivity contribution in [3.8, 4) is 0 Å².